The largest absolute Gasteiger partial charge is 0.492 e. The molecule has 21 heavy (non-hydrogen) atoms. The summed E-state index contributed by atoms with van der Waals surface area (Å²) in [7, 11) is 0. The van der Waals surface area contributed by atoms with Crippen LogP contribution in [0.5, 0.6) is 5.75 Å². The van der Waals surface area contributed by atoms with E-state index in [2.05, 4.69) is 21.2 Å². The number of hydrogen-bond acceptors (Lipinski definition) is 2. The van der Waals surface area contributed by atoms with Gasteiger partial charge in [-0.2, -0.15) is 0 Å². The fourth-order valence-corrected chi connectivity index (χ4v) is 2.10. The van der Waals surface area contributed by atoms with Crippen LogP contribution in [0.3, 0.4) is 0 Å². The molecule has 0 unspecified atom stereocenters. The number of nitrogens with one attached hydrogen (secondary N) is 1. The van der Waals surface area contributed by atoms with Crippen LogP contribution in [-0.4, -0.2) is 12.5 Å². The maximum Gasteiger partial charge on any atom is 0.258 e. The minimum atomic E-state index is -0.643. The highest BCUT2D eigenvalue weighted by atomic mass is 79.9. The van der Waals surface area contributed by atoms with Crippen molar-refractivity contribution in [2.75, 3.05) is 11.9 Å². The van der Waals surface area contributed by atoms with Crippen LogP contribution in [0.1, 0.15) is 17.3 Å². The molecule has 0 aromatic heterocycles. The lowest BCUT2D eigenvalue weighted by atomic mass is 10.2. The third-order valence-corrected chi connectivity index (χ3v) is 3.16. The predicted octanol–water partition coefficient (Wildman–Crippen LogP) is 4.38. The summed E-state index contributed by atoms with van der Waals surface area (Å²) in [4.78, 5) is 12.1. The molecule has 0 radical (unpaired) electrons. The molecule has 0 spiro atoms. The first kappa shape index (κ1) is 15.4. The van der Waals surface area contributed by atoms with Crippen molar-refractivity contribution in [2.24, 2.45) is 0 Å². The molecule has 0 saturated heterocycles. The summed E-state index contributed by atoms with van der Waals surface area (Å²) >= 11 is 3.18. The molecule has 0 aliphatic rings. The second kappa shape index (κ2) is 6.67. The Morgan fingerprint density at radius 1 is 1.24 bits per heavy atom. The highest BCUT2D eigenvalue weighted by Gasteiger charge is 2.15. The Kier molecular flexibility index (Phi) is 4.90. The first-order valence-corrected chi connectivity index (χ1v) is 6.99. The fraction of sp³-hybridized carbons (Fsp3) is 0.133. The Hall–Kier alpha value is -1.95. The Morgan fingerprint density at radius 3 is 2.71 bits per heavy atom. The van der Waals surface area contributed by atoms with Crippen LogP contribution in [0.25, 0.3) is 0 Å². The van der Waals surface area contributed by atoms with Crippen molar-refractivity contribution in [3.05, 3.63) is 58.1 Å². The molecule has 0 atom stereocenters. The average Bonchev–Trinajstić information content (AvgIpc) is 2.44. The zero-order chi connectivity index (χ0) is 15.4. The van der Waals surface area contributed by atoms with E-state index in [4.69, 9.17) is 4.74 Å². The van der Waals surface area contributed by atoms with Gasteiger partial charge in [0.25, 0.3) is 5.91 Å². The van der Waals surface area contributed by atoms with E-state index < -0.39 is 17.5 Å². The standard InChI is InChI=1S/C15H12BrF2NO2/c1-2-21-14-8-10(17)4-6-13(14)19-15(20)11-7-9(16)3-5-12(11)18/h3-8H,2H2,1H3,(H,19,20). The molecule has 0 aliphatic heterocycles. The van der Waals surface area contributed by atoms with Gasteiger partial charge in [0, 0.05) is 10.5 Å². The predicted molar refractivity (Wildman–Crippen MR) is 79.6 cm³/mol. The van der Waals surface area contributed by atoms with E-state index >= 15 is 0 Å². The van der Waals surface area contributed by atoms with Gasteiger partial charge >= 0.3 is 0 Å². The van der Waals surface area contributed by atoms with Gasteiger partial charge in [-0.25, -0.2) is 8.78 Å². The van der Waals surface area contributed by atoms with Crippen LogP contribution in [0.2, 0.25) is 0 Å². The number of halogens is 3. The minimum absolute atomic E-state index is 0.115. The highest BCUT2D eigenvalue weighted by molar-refractivity contribution is 9.10. The third-order valence-electron chi connectivity index (χ3n) is 2.66. The summed E-state index contributed by atoms with van der Waals surface area (Å²) in [5, 5.41) is 2.52. The number of anilines is 1. The lowest BCUT2D eigenvalue weighted by Crippen LogP contribution is -2.14. The second-order valence-corrected chi connectivity index (χ2v) is 5.07. The molecule has 1 amide bonds. The molecule has 1 N–H and O–H groups in total. The van der Waals surface area contributed by atoms with Gasteiger partial charge in [-0.15, -0.1) is 0 Å². The first-order valence-electron chi connectivity index (χ1n) is 6.20. The van der Waals surface area contributed by atoms with Gasteiger partial charge in [0.1, 0.15) is 17.4 Å². The van der Waals surface area contributed by atoms with Crippen molar-refractivity contribution in [3.8, 4) is 5.75 Å². The van der Waals surface area contributed by atoms with Crippen molar-refractivity contribution in [3.63, 3.8) is 0 Å². The second-order valence-electron chi connectivity index (χ2n) is 4.15. The zero-order valence-corrected chi connectivity index (χ0v) is 12.7. The van der Waals surface area contributed by atoms with Gasteiger partial charge in [-0.05, 0) is 37.3 Å². The lowest BCUT2D eigenvalue weighted by molar-refractivity contribution is 0.102. The Labute approximate surface area is 129 Å². The smallest absolute Gasteiger partial charge is 0.258 e. The molecule has 2 aromatic rings. The molecule has 0 heterocycles. The summed E-state index contributed by atoms with van der Waals surface area (Å²) in [6.07, 6.45) is 0. The molecular weight excluding hydrogens is 344 g/mol. The number of amides is 1. The molecule has 6 heteroatoms. The molecule has 2 aromatic carbocycles. The summed E-state index contributed by atoms with van der Waals surface area (Å²) < 4.78 is 32.7. The molecule has 0 aliphatic carbocycles. The normalized spacial score (nSPS) is 10.3. The molecule has 0 saturated carbocycles. The van der Waals surface area contributed by atoms with E-state index in [-0.39, 0.29) is 17.0 Å². The maximum absolute atomic E-state index is 13.7. The number of ether oxygens (including phenoxy) is 1. The molecule has 0 fully saturated rings. The number of rotatable bonds is 4. The molecule has 110 valence electrons. The van der Waals surface area contributed by atoms with Gasteiger partial charge in [-0.3, -0.25) is 4.79 Å². The molecule has 2 rings (SSSR count). The fourth-order valence-electron chi connectivity index (χ4n) is 1.74. The maximum atomic E-state index is 13.7. The van der Waals surface area contributed by atoms with E-state index in [0.717, 1.165) is 6.07 Å². The molecule has 3 nitrogen and oxygen atoms in total. The topological polar surface area (TPSA) is 38.3 Å². The van der Waals surface area contributed by atoms with Crippen LogP contribution in [-0.2, 0) is 0 Å². The minimum Gasteiger partial charge on any atom is -0.492 e. The van der Waals surface area contributed by atoms with Gasteiger partial charge in [0.2, 0.25) is 0 Å². The van der Waals surface area contributed by atoms with Gasteiger partial charge in [-0.1, -0.05) is 15.9 Å². The number of carbonyl (C=O) groups is 1. The lowest BCUT2D eigenvalue weighted by Gasteiger charge is -2.12. The van der Waals surface area contributed by atoms with Crippen molar-refractivity contribution >= 4 is 27.5 Å². The number of carbonyl (C=O) groups excluding carboxylic acids is 1. The third kappa shape index (κ3) is 3.78. The van der Waals surface area contributed by atoms with Crippen molar-refractivity contribution in [1.29, 1.82) is 0 Å². The van der Waals surface area contributed by atoms with Crippen LogP contribution >= 0.6 is 15.9 Å². The van der Waals surface area contributed by atoms with Gasteiger partial charge in [0.05, 0.1) is 17.9 Å². The van der Waals surface area contributed by atoms with E-state index in [1.165, 1.54) is 30.3 Å². The Balaban J connectivity index is 2.29. The monoisotopic (exact) mass is 355 g/mol. The van der Waals surface area contributed by atoms with Crippen molar-refractivity contribution in [2.45, 2.75) is 6.92 Å². The van der Waals surface area contributed by atoms with E-state index in [9.17, 15) is 13.6 Å². The van der Waals surface area contributed by atoms with E-state index in [1.54, 1.807) is 6.92 Å². The number of hydrogen-bond donors (Lipinski definition) is 1. The van der Waals surface area contributed by atoms with Crippen LogP contribution in [0.15, 0.2) is 40.9 Å². The van der Waals surface area contributed by atoms with Crippen LogP contribution < -0.4 is 10.1 Å². The SMILES string of the molecule is CCOc1cc(F)ccc1NC(=O)c1cc(Br)ccc1F. The average molecular weight is 356 g/mol. The van der Waals surface area contributed by atoms with Gasteiger partial charge < -0.3 is 10.1 Å². The van der Waals surface area contributed by atoms with Gasteiger partial charge in [0.15, 0.2) is 0 Å². The molecular formula is C15H12BrF2NO2. The Morgan fingerprint density at radius 2 is 2.00 bits per heavy atom. The quantitative estimate of drug-likeness (QED) is 0.883. The van der Waals surface area contributed by atoms with E-state index in [0.29, 0.717) is 11.1 Å². The van der Waals surface area contributed by atoms with Crippen molar-refractivity contribution < 1.29 is 18.3 Å². The first-order chi connectivity index (χ1) is 10.0. The zero-order valence-electron chi connectivity index (χ0n) is 11.1. The number of benzene rings is 2. The Bertz CT molecular complexity index is 677. The van der Waals surface area contributed by atoms with E-state index in [1.807, 2.05) is 0 Å². The summed E-state index contributed by atoms with van der Waals surface area (Å²) in [6.45, 7) is 2.06. The summed E-state index contributed by atoms with van der Waals surface area (Å²) in [5.74, 6) is -1.57. The highest BCUT2D eigenvalue weighted by Crippen LogP contribution is 2.26. The van der Waals surface area contributed by atoms with Crippen LogP contribution in [0, 0.1) is 11.6 Å². The summed E-state index contributed by atoms with van der Waals surface area (Å²) in [5.41, 5.74) is 0.166. The summed E-state index contributed by atoms with van der Waals surface area (Å²) in [6, 6.07) is 7.77. The molecule has 0 bridgehead atoms. The van der Waals surface area contributed by atoms with Crippen molar-refractivity contribution in [1.82, 2.24) is 0 Å². The van der Waals surface area contributed by atoms with Crippen LogP contribution in [0.4, 0.5) is 14.5 Å².